The zero-order valence-corrected chi connectivity index (χ0v) is 8.03. The van der Waals surface area contributed by atoms with Crippen LogP contribution in [0.15, 0.2) is 18.2 Å². The number of aliphatic hydroxyl groups is 2. The van der Waals surface area contributed by atoms with Gasteiger partial charge >= 0.3 is 0 Å². The standard InChI is InChI=1S/C10H13F2NO2/c11-7-1-6(2-8(12)4-7)3-9(13)10(15)5-14/h1-2,4,9-10,14-15H,3,5,13H2/t9-,10+/m0/s1. The second-order valence-corrected chi connectivity index (χ2v) is 3.40. The molecule has 0 heterocycles. The second kappa shape index (κ2) is 5.16. The molecule has 5 heteroatoms. The van der Waals surface area contributed by atoms with Gasteiger partial charge in [0.1, 0.15) is 11.6 Å². The summed E-state index contributed by atoms with van der Waals surface area (Å²) in [6, 6.07) is 2.31. The quantitative estimate of drug-likeness (QED) is 0.674. The van der Waals surface area contributed by atoms with Crippen LogP contribution in [-0.4, -0.2) is 29.0 Å². The molecule has 0 aliphatic carbocycles. The molecule has 0 saturated heterocycles. The van der Waals surface area contributed by atoms with Crippen LogP contribution in [-0.2, 0) is 6.42 Å². The van der Waals surface area contributed by atoms with Gasteiger partial charge < -0.3 is 15.9 Å². The molecule has 0 fully saturated rings. The molecule has 1 aromatic carbocycles. The number of nitrogens with two attached hydrogens (primary N) is 1. The Morgan fingerprint density at radius 3 is 2.20 bits per heavy atom. The number of rotatable bonds is 4. The van der Waals surface area contributed by atoms with Gasteiger partial charge in [-0.1, -0.05) is 0 Å². The number of hydrogen-bond donors (Lipinski definition) is 3. The van der Waals surface area contributed by atoms with Gasteiger partial charge in [0.15, 0.2) is 0 Å². The van der Waals surface area contributed by atoms with Crippen molar-refractivity contribution in [2.75, 3.05) is 6.61 Å². The summed E-state index contributed by atoms with van der Waals surface area (Å²) in [7, 11) is 0. The molecule has 0 unspecified atom stereocenters. The van der Waals surface area contributed by atoms with E-state index in [1.54, 1.807) is 0 Å². The maximum atomic E-state index is 12.8. The van der Waals surface area contributed by atoms with E-state index in [4.69, 9.17) is 15.9 Å². The lowest BCUT2D eigenvalue weighted by molar-refractivity contribution is 0.0742. The Bertz CT molecular complexity index is 313. The van der Waals surface area contributed by atoms with Crippen LogP contribution in [0.3, 0.4) is 0 Å². The van der Waals surface area contributed by atoms with Crippen molar-refractivity contribution in [3.63, 3.8) is 0 Å². The van der Waals surface area contributed by atoms with E-state index in [0.717, 1.165) is 18.2 Å². The molecular formula is C10H13F2NO2. The molecule has 4 N–H and O–H groups in total. The van der Waals surface area contributed by atoms with Crippen molar-refractivity contribution >= 4 is 0 Å². The van der Waals surface area contributed by atoms with Gasteiger partial charge in [-0.25, -0.2) is 8.78 Å². The van der Waals surface area contributed by atoms with Gasteiger partial charge in [0, 0.05) is 12.1 Å². The van der Waals surface area contributed by atoms with Gasteiger partial charge in [-0.15, -0.1) is 0 Å². The van der Waals surface area contributed by atoms with Gasteiger partial charge in [-0.3, -0.25) is 0 Å². The summed E-state index contributed by atoms with van der Waals surface area (Å²) in [6.45, 7) is -0.473. The first-order chi connectivity index (χ1) is 7.02. The van der Waals surface area contributed by atoms with E-state index < -0.39 is 30.4 Å². The van der Waals surface area contributed by atoms with E-state index in [0.29, 0.717) is 5.56 Å². The third-order valence-electron chi connectivity index (χ3n) is 2.08. The van der Waals surface area contributed by atoms with E-state index in [2.05, 4.69) is 0 Å². The highest BCUT2D eigenvalue weighted by molar-refractivity contribution is 5.19. The maximum Gasteiger partial charge on any atom is 0.126 e. The molecular weight excluding hydrogens is 204 g/mol. The molecule has 0 aliphatic rings. The molecule has 0 saturated carbocycles. The second-order valence-electron chi connectivity index (χ2n) is 3.40. The van der Waals surface area contributed by atoms with Gasteiger partial charge in [-0.2, -0.15) is 0 Å². The third kappa shape index (κ3) is 3.54. The average Bonchev–Trinajstić information content (AvgIpc) is 2.14. The predicted molar refractivity (Wildman–Crippen MR) is 51.1 cm³/mol. The predicted octanol–water partition coefficient (Wildman–Crippen LogP) is 0.188. The molecule has 0 bridgehead atoms. The monoisotopic (exact) mass is 217 g/mol. The summed E-state index contributed by atoms with van der Waals surface area (Å²) in [4.78, 5) is 0. The molecule has 0 amide bonds. The molecule has 0 aromatic heterocycles. The Morgan fingerprint density at radius 1 is 1.20 bits per heavy atom. The number of hydrogen-bond acceptors (Lipinski definition) is 3. The minimum absolute atomic E-state index is 0.108. The summed E-state index contributed by atoms with van der Waals surface area (Å²) in [5, 5.41) is 17.8. The fourth-order valence-electron chi connectivity index (χ4n) is 1.27. The topological polar surface area (TPSA) is 66.5 Å². The first-order valence-corrected chi connectivity index (χ1v) is 4.52. The lowest BCUT2D eigenvalue weighted by Crippen LogP contribution is -2.38. The van der Waals surface area contributed by atoms with Crippen LogP contribution in [0.1, 0.15) is 5.56 Å². The fraction of sp³-hybridized carbons (Fsp3) is 0.400. The summed E-state index contributed by atoms with van der Waals surface area (Å²) in [6.07, 6.45) is -0.979. The Kier molecular flexibility index (Phi) is 4.14. The summed E-state index contributed by atoms with van der Waals surface area (Å²) >= 11 is 0. The highest BCUT2D eigenvalue weighted by atomic mass is 19.1. The number of halogens is 2. The summed E-state index contributed by atoms with van der Waals surface area (Å²) in [5.74, 6) is -1.37. The summed E-state index contributed by atoms with van der Waals surface area (Å²) < 4.78 is 25.5. The van der Waals surface area contributed by atoms with Crippen LogP contribution in [0.25, 0.3) is 0 Å². The summed E-state index contributed by atoms with van der Waals surface area (Å²) in [5.41, 5.74) is 5.86. The molecule has 0 spiro atoms. The normalized spacial score (nSPS) is 15.0. The van der Waals surface area contributed by atoms with E-state index in [1.165, 1.54) is 0 Å². The number of benzene rings is 1. The average molecular weight is 217 g/mol. The van der Waals surface area contributed by atoms with Crippen molar-refractivity contribution in [1.82, 2.24) is 0 Å². The molecule has 15 heavy (non-hydrogen) atoms. The first-order valence-electron chi connectivity index (χ1n) is 4.52. The van der Waals surface area contributed by atoms with Crippen LogP contribution in [0.4, 0.5) is 8.78 Å². The van der Waals surface area contributed by atoms with E-state index in [9.17, 15) is 8.78 Å². The Labute approximate surface area is 86.2 Å². The lowest BCUT2D eigenvalue weighted by Gasteiger charge is -2.16. The van der Waals surface area contributed by atoms with Crippen LogP contribution in [0.2, 0.25) is 0 Å². The maximum absolute atomic E-state index is 12.8. The zero-order chi connectivity index (χ0) is 11.4. The molecule has 2 atom stereocenters. The Morgan fingerprint density at radius 2 is 1.73 bits per heavy atom. The van der Waals surface area contributed by atoms with Crippen molar-refractivity contribution in [3.05, 3.63) is 35.4 Å². The highest BCUT2D eigenvalue weighted by Crippen LogP contribution is 2.10. The minimum atomic E-state index is -1.09. The van der Waals surface area contributed by atoms with Crippen LogP contribution in [0.5, 0.6) is 0 Å². The van der Waals surface area contributed by atoms with E-state index >= 15 is 0 Å². The van der Waals surface area contributed by atoms with E-state index in [-0.39, 0.29) is 6.42 Å². The van der Waals surface area contributed by atoms with Crippen molar-refractivity contribution in [1.29, 1.82) is 0 Å². The van der Waals surface area contributed by atoms with Crippen LogP contribution < -0.4 is 5.73 Å². The zero-order valence-electron chi connectivity index (χ0n) is 8.03. The van der Waals surface area contributed by atoms with Gasteiger partial charge in [-0.05, 0) is 24.1 Å². The smallest absolute Gasteiger partial charge is 0.126 e. The molecule has 1 aromatic rings. The highest BCUT2D eigenvalue weighted by Gasteiger charge is 2.14. The van der Waals surface area contributed by atoms with Gasteiger partial charge in [0.05, 0.1) is 12.7 Å². The first kappa shape index (κ1) is 12.0. The minimum Gasteiger partial charge on any atom is -0.394 e. The molecule has 84 valence electrons. The molecule has 1 rings (SSSR count). The molecule has 3 nitrogen and oxygen atoms in total. The van der Waals surface area contributed by atoms with Crippen molar-refractivity contribution in [2.45, 2.75) is 18.6 Å². The van der Waals surface area contributed by atoms with Crippen molar-refractivity contribution < 1.29 is 19.0 Å². The Hall–Kier alpha value is -1.04. The van der Waals surface area contributed by atoms with Gasteiger partial charge in [0.2, 0.25) is 0 Å². The number of aliphatic hydroxyl groups excluding tert-OH is 2. The van der Waals surface area contributed by atoms with Gasteiger partial charge in [0.25, 0.3) is 0 Å². The SMILES string of the molecule is N[C@@H](Cc1cc(F)cc(F)c1)[C@H](O)CO. The van der Waals surface area contributed by atoms with Crippen LogP contribution >= 0.6 is 0 Å². The lowest BCUT2D eigenvalue weighted by atomic mass is 10.0. The molecule has 0 aliphatic heterocycles. The largest absolute Gasteiger partial charge is 0.394 e. The van der Waals surface area contributed by atoms with E-state index in [1.807, 2.05) is 0 Å². The van der Waals surface area contributed by atoms with Crippen molar-refractivity contribution in [2.24, 2.45) is 5.73 Å². The molecule has 0 radical (unpaired) electrons. The van der Waals surface area contributed by atoms with Crippen molar-refractivity contribution in [3.8, 4) is 0 Å². The third-order valence-corrected chi connectivity index (χ3v) is 2.08. The Balaban J connectivity index is 2.72. The fourth-order valence-corrected chi connectivity index (χ4v) is 1.27. The van der Waals surface area contributed by atoms with Crippen LogP contribution in [0, 0.1) is 11.6 Å².